The second-order valence-electron chi connectivity index (χ2n) is 12.4. The standard InChI is InChI=1S/C32H41F3N2O3/c1-21-3-2-4-25(15-21)28-20-37(29(31(39)40)16-22-5-6-22)19-26(28)18-36-13-11-23(12-14-36)17-32(34,35)30(38)24-7-9-27(33)10-8-24/h2-4,7-10,15,22-23,26,28-30,38H,5-6,11-14,16-20H2,1H3,(H,39,40)/t26-,28+,29+,30?/m0/s1. The number of likely N-dealkylation sites (tertiary alicyclic amines) is 2. The first-order chi connectivity index (χ1) is 19.1. The zero-order valence-electron chi connectivity index (χ0n) is 23.2. The van der Waals surface area contributed by atoms with Crippen molar-refractivity contribution in [2.24, 2.45) is 17.8 Å². The Morgan fingerprint density at radius 3 is 2.35 bits per heavy atom. The van der Waals surface area contributed by atoms with E-state index in [1.807, 2.05) is 0 Å². The van der Waals surface area contributed by atoms with Crippen LogP contribution in [-0.4, -0.2) is 70.7 Å². The lowest BCUT2D eigenvalue weighted by molar-refractivity contribution is -0.143. The monoisotopic (exact) mass is 558 g/mol. The normalized spacial score (nSPS) is 24.7. The van der Waals surface area contributed by atoms with Crippen LogP contribution in [0.2, 0.25) is 0 Å². The molecule has 3 fully saturated rings. The maximum Gasteiger partial charge on any atom is 0.320 e. The van der Waals surface area contributed by atoms with Crippen LogP contribution in [0.4, 0.5) is 13.2 Å². The van der Waals surface area contributed by atoms with Gasteiger partial charge in [-0.15, -0.1) is 0 Å². The molecule has 2 N–H and O–H groups in total. The van der Waals surface area contributed by atoms with E-state index in [0.717, 1.165) is 44.6 Å². The summed E-state index contributed by atoms with van der Waals surface area (Å²) in [5, 5.41) is 20.3. The molecule has 5 rings (SSSR count). The summed E-state index contributed by atoms with van der Waals surface area (Å²) in [6.07, 6.45) is 1.85. The molecule has 0 bridgehead atoms. The summed E-state index contributed by atoms with van der Waals surface area (Å²) >= 11 is 0. The summed E-state index contributed by atoms with van der Waals surface area (Å²) in [7, 11) is 0. The van der Waals surface area contributed by atoms with Crippen molar-refractivity contribution >= 4 is 5.97 Å². The number of hydrogen-bond acceptors (Lipinski definition) is 4. The molecule has 0 amide bonds. The molecule has 1 saturated carbocycles. The molecule has 2 aromatic rings. The number of alkyl halides is 2. The SMILES string of the molecule is Cc1cccc([C@H]2CN([C@H](CC3CC3)C(=O)O)C[C@@H]2CN2CCC(CC(F)(F)C(O)c3ccc(F)cc3)CC2)c1. The van der Waals surface area contributed by atoms with Crippen molar-refractivity contribution in [1.29, 1.82) is 0 Å². The highest BCUT2D eigenvalue weighted by molar-refractivity contribution is 5.73. The average Bonchev–Trinajstić information content (AvgIpc) is 3.66. The molecule has 2 aromatic carbocycles. The quantitative estimate of drug-likeness (QED) is 0.361. The van der Waals surface area contributed by atoms with E-state index in [1.54, 1.807) is 0 Å². The molecule has 4 atom stereocenters. The van der Waals surface area contributed by atoms with Crippen LogP contribution in [0.3, 0.4) is 0 Å². The second kappa shape index (κ2) is 12.2. The van der Waals surface area contributed by atoms with Gasteiger partial charge in [-0.25, -0.2) is 13.2 Å². The number of carboxylic acids is 1. The van der Waals surface area contributed by atoms with Gasteiger partial charge < -0.3 is 15.1 Å². The van der Waals surface area contributed by atoms with Gasteiger partial charge in [-0.05, 0) is 80.3 Å². The van der Waals surface area contributed by atoms with Gasteiger partial charge in [-0.3, -0.25) is 9.69 Å². The largest absolute Gasteiger partial charge is 0.480 e. The topological polar surface area (TPSA) is 64.0 Å². The van der Waals surface area contributed by atoms with Crippen LogP contribution >= 0.6 is 0 Å². The number of benzene rings is 2. The predicted molar refractivity (Wildman–Crippen MR) is 148 cm³/mol. The van der Waals surface area contributed by atoms with E-state index in [9.17, 15) is 28.2 Å². The zero-order valence-corrected chi connectivity index (χ0v) is 23.2. The van der Waals surface area contributed by atoms with E-state index >= 15 is 0 Å². The Morgan fingerprint density at radius 1 is 1.02 bits per heavy atom. The molecular weight excluding hydrogens is 517 g/mol. The highest BCUT2D eigenvalue weighted by atomic mass is 19.3. The van der Waals surface area contributed by atoms with E-state index in [1.165, 1.54) is 23.3 Å². The Morgan fingerprint density at radius 2 is 1.73 bits per heavy atom. The minimum absolute atomic E-state index is 0.0261. The molecule has 0 aromatic heterocycles. The van der Waals surface area contributed by atoms with Crippen molar-refractivity contribution in [2.45, 2.75) is 69.4 Å². The Hall–Kier alpha value is -2.42. The molecule has 2 aliphatic heterocycles. The van der Waals surface area contributed by atoms with Gasteiger partial charge in [0.05, 0.1) is 0 Å². The summed E-state index contributed by atoms with van der Waals surface area (Å²) in [4.78, 5) is 16.7. The van der Waals surface area contributed by atoms with Gasteiger partial charge in [0.2, 0.25) is 0 Å². The summed E-state index contributed by atoms with van der Waals surface area (Å²) in [5.41, 5.74) is 2.46. The van der Waals surface area contributed by atoms with E-state index in [0.29, 0.717) is 38.3 Å². The molecule has 0 spiro atoms. The van der Waals surface area contributed by atoms with E-state index in [4.69, 9.17) is 0 Å². The number of halogens is 3. The molecule has 5 nitrogen and oxygen atoms in total. The van der Waals surface area contributed by atoms with Crippen LogP contribution in [-0.2, 0) is 4.79 Å². The number of hydrogen-bond donors (Lipinski definition) is 2. The van der Waals surface area contributed by atoms with E-state index < -0.39 is 36.3 Å². The van der Waals surface area contributed by atoms with Crippen LogP contribution in [0.25, 0.3) is 0 Å². The summed E-state index contributed by atoms with van der Waals surface area (Å²) in [5.74, 6) is -3.74. The van der Waals surface area contributed by atoms with Gasteiger partial charge in [0.1, 0.15) is 18.0 Å². The van der Waals surface area contributed by atoms with Crippen LogP contribution in [0.15, 0.2) is 48.5 Å². The number of rotatable bonds is 11. The first-order valence-corrected chi connectivity index (χ1v) is 14.7. The van der Waals surface area contributed by atoms with Crippen LogP contribution in [0, 0.1) is 30.5 Å². The molecule has 1 unspecified atom stereocenters. The first-order valence-electron chi connectivity index (χ1n) is 14.7. The van der Waals surface area contributed by atoms with Gasteiger partial charge in [0.25, 0.3) is 5.92 Å². The van der Waals surface area contributed by atoms with Gasteiger partial charge in [-0.1, -0.05) is 54.8 Å². The second-order valence-corrected chi connectivity index (χ2v) is 12.4. The van der Waals surface area contributed by atoms with Crippen molar-refractivity contribution in [3.8, 4) is 0 Å². The first kappa shape index (κ1) is 29.1. The molecule has 8 heteroatoms. The third kappa shape index (κ3) is 7.07. The van der Waals surface area contributed by atoms with Gasteiger partial charge in [-0.2, -0.15) is 0 Å². The van der Waals surface area contributed by atoms with Gasteiger partial charge >= 0.3 is 5.97 Å². The number of aliphatic hydroxyl groups is 1. The summed E-state index contributed by atoms with van der Waals surface area (Å²) in [6.45, 7) is 5.74. The molecular formula is C32H41F3N2O3. The van der Waals surface area contributed by atoms with Crippen molar-refractivity contribution in [2.75, 3.05) is 32.7 Å². The predicted octanol–water partition coefficient (Wildman–Crippen LogP) is 5.87. The summed E-state index contributed by atoms with van der Waals surface area (Å²) < 4.78 is 43.1. The van der Waals surface area contributed by atoms with Crippen molar-refractivity contribution in [3.05, 3.63) is 71.0 Å². The number of aryl methyl sites for hydroxylation is 1. The molecule has 218 valence electrons. The van der Waals surface area contributed by atoms with Crippen LogP contribution < -0.4 is 0 Å². The van der Waals surface area contributed by atoms with E-state index in [-0.39, 0.29) is 23.3 Å². The smallest absolute Gasteiger partial charge is 0.320 e. The Balaban J connectivity index is 1.20. The molecule has 2 heterocycles. The third-order valence-electron chi connectivity index (χ3n) is 9.27. The lowest BCUT2D eigenvalue weighted by Gasteiger charge is -2.36. The highest BCUT2D eigenvalue weighted by Gasteiger charge is 2.44. The average molecular weight is 559 g/mol. The minimum Gasteiger partial charge on any atom is -0.480 e. The zero-order chi connectivity index (χ0) is 28.4. The van der Waals surface area contributed by atoms with Gasteiger partial charge in [0, 0.05) is 32.0 Å². The van der Waals surface area contributed by atoms with Crippen LogP contribution in [0.5, 0.6) is 0 Å². The van der Waals surface area contributed by atoms with Gasteiger partial charge in [0.15, 0.2) is 0 Å². The Bertz CT molecular complexity index is 1150. The summed E-state index contributed by atoms with van der Waals surface area (Å²) in [6, 6.07) is 12.6. The maximum absolute atomic E-state index is 15.0. The Kier molecular flexibility index (Phi) is 8.88. The number of carboxylic acid groups (broad SMARTS) is 1. The van der Waals surface area contributed by atoms with Crippen molar-refractivity contribution in [3.63, 3.8) is 0 Å². The van der Waals surface area contributed by atoms with Crippen molar-refractivity contribution in [1.82, 2.24) is 9.80 Å². The minimum atomic E-state index is -3.29. The molecule has 1 aliphatic carbocycles. The number of aliphatic carboxylic acids is 1. The number of nitrogens with zero attached hydrogens (tertiary/aromatic N) is 2. The maximum atomic E-state index is 15.0. The lowest BCUT2D eigenvalue weighted by atomic mass is 9.85. The fourth-order valence-electron chi connectivity index (χ4n) is 6.79. The molecule has 2 saturated heterocycles. The number of carbonyl (C=O) groups is 1. The third-order valence-corrected chi connectivity index (χ3v) is 9.27. The van der Waals surface area contributed by atoms with Crippen molar-refractivity contribution < 1.29 is 28.2 Å². The van der Waals surface area contributed by atoms with E-state index in [2.05, 4.69) is 41.0 Å². The molecule has 0 radical (unpaired) electrons. The number of aliphatic hydroxyl groups excluding tert-OH is 1. The fourth-order valence-corrected chi connectivity index (χ4v) is 6.79. The van der Waals surface area contributed by atoms with Crippen LogP contribution in [0.1, 0.15) is 67.2 Å². The molecule has 3 aliphatic rings. The Labute approximate surface area is 235 Å². The highest BCUT2D eigenvalue weighted by Crippen LogP contribution is 2.41. The number of piperidine rings is 1. The molecule has 40 heavy (non-hydrogen) atoms. The fraction of sp³-hybridized carbons (Fsp3) is 0.594. The lowest BCUT2D eigenvalue weighted by Crippen LogP contribution is -2.42.